The molecule has 2 aliphatic carbocycles. The van der Waals surface area contributed by atoms with Crippen molar-refractivity contribution in [2.45, 2.75) is 57.5 Å². The Morgan fingerprint density at radius 1 is 1.00 bits per heavy atom. The minimum Gasteiger partial charge on any atom is -0.393 e. The topological polar surface area (TPSA) is 37.3 Å². The molecule has 2 heteroatoms. The van der Waals surface area contributed by atoms with Crippen molar-refractivity contribution in [1.82, 2.24) is 0 Å². The van der Waals surface area contributed by atoms with E-state index in [-0.39, 0.29) is 6.10 Å². The van der Waals surface area contributed by atoms with Crippen molar-refractivity contribution in [3.63, 3.8) is 0 Å². The van der Waals surface area contributed by atoms with E-state index in [4.69, 9.17) is 0 Å². The van der Waals surface area contributed by atoms with Crippen LogP contribution in [0.2, 0.25) is 0 Å². The van der Waals surface area contributed by atoms with Crippen LogP contribution in [0, 0.1) is 11.8 Å². The van der Waals surface area contributed by atoms with Gasteiger partial charge in [-0.05, 0) is 44.4 Å². The van der Waals surface area contributed by atoms with Gasteiger partial charge >= 0.3 is 0 Å². The van der Waals surface area contributed by atoms with Crippen LogP contribution in [0.15, 0.2) is 0 Å². The molecule has 80 valence electrons. The Kier molecular flexibility index (Phi) is 3.22. The number of carbonyl (C=O) groups is 1. The summed E-state index contributed by atoms with van der Waals surface area (Å²) in [6.45, 7) is 0. The summed E-state index contributed by atoms with van der Waals surface area (Å²) in [5, 5.41) is 9.41. The van der Waals surface area contributed by atoms with Gasteiger partial charge in [0.15, 0.2) is 0 Å². The maximum atomic E-state index is 11.7. The third-order valence-corrected chi connectivity index (χ3v) is 3.91. The number of hydrogen-bond acceptors (Lipinski definition) is 2. The van der Waals surface area contributed by atoms with Crippen LogP contribution < -0.4 is 0 Å². The number of aliphatic hydroxyl groups excluding tert-OH is 1. The van der Waals surface area contributed by atoms with E-state index in [1.807, 2.05) is 0 Å². The summed E-state index contributed by atoms with van der Waals surface area (Å²) in [7, 11) is 0. The minimum atomic E-state index is -0.0926. The first-order chi connectivity index (χ1) is 6.77. The Balaban J connectivity index is 1.90. The zero-order valence-corrected chi connectivity index (χ0v) is 8.74. The van der Waals surface area contributed by atoms with E-state index in [0.717, 1.165) is 44.9 Å². The standard InChI is InChI=1S/C12H20O2/c13-10-7-5-9(6-8-10)11-3-1-2-4-12(11)14/h9-11,13H,1-8H2. The third kappa shape index (κ3) is 2.17. The van der Waals surface area contributed by atoms with Crippen LogP contribution in [0.4, 0.5) is 0 Å². The summed E-state index contributed by atoms with van der Waals surface area (Å²) < 4.78 is 0. The van der Waals surface area contributed by atoms with Crippen LogP contribution in [0.3, 0.4) is 0 Å². The first kappa shape index (κ1) is 10.2. The summed E-state index contributed by atoms with van der Waals surface area (Å²) in [5.41, 5.74) is 0. The second-order valence-electron chi connectivity index (χ2n) is 4.89. The van der Waals surface area contributed by atoms with Gasteiger partial charge in [-0.2, -0.15) is 0 Å². The highest BCUT2D eigenvalue weighted by Crippen LogP contribution is 2.36. The van der Waals surface area contributed by atoms with Crippen molar-refractivity contribution in [3.8, 4) is 0 Å². The van der Waals surface area contributed by atoms with Crippen LogP contribution in [0.1, 0.15) is 51.4 Å². The van der Waals surface area contributed by atoms with Crippen LogP contribution >= 0.6 is 0 Å². The molecule has 0 aromatic rings. The molecule has 2 fully saturated rings. The number of aliphatic hydroxyl groups is 1. The fraction of sp³-hybridized carbons (Fsp3) is 0.917. The first-order valence-corrected chi connectivity index (χ1v) is 5.98. The van der Waals surface area contributed by atoms with Crippen LogP contribution in [-0.2, 0) is 4.79 Å². The van der Waals surface area contributed by atoms with E-state index in [1.54, 1.807) is 0 Å². The molecular formula is C12H20O2. The van der Waals surface area contributed by atoms with Crippen molar-refractivity contribution in [1.29, 1.82) is 0 Å². The van der Waals surface area contributed by atoms with E-state index in [1.165, 1.54) is 6.42 Å². The van der Waals surface area contributed by atoms with Gasteiger partial charge in [-0.15, -0.1) is 0 Å². The smallest absolute Gasteiger partial charge is 0.136 e. The van der Waals surface area contributed by atoms with Crippen molar-refractivity contribution < 1.29 is 9.90 Å². The molecule has 0 radical (unpaired) electrons. The van der Waals surface area contributed by atoms with E-state index in [2.05, 4.69) is 0 Å². The quantitative estimate of drug-likeness (QED) is 0.698. The zero-order chi connectivity index (χ0) is 9.97. The van der Waals surface area contributed by atoms with Gasteiger partial charge in [-0.25, -0.2) is 0 Å². The van der Waals surface area contributed by atoms with Gasteiger partial charge < -0.3 is 5.11 Å². The predicted octanol–water partition coefficient (Wildman–Crippen LogP) is 2.30. The number of Topliss-reactive ketones (excluding diaryl/α,β-unsaturated/α-hetero) is 1. The monoisotopic (exact) mass is 196 g/mol. The SMILES string of the molecule is O=C1CCCCC1C1CCC(O)CC1. The molecule has 0 aromatic heterocycles. The third-order valence-electron chi connectivity index (χ3n) is 3.91. The maximum Gasteiger partial charge on any atom is 0.136 e. The van der Waals surface area contributed by atoms with Gasteiger partial charge in [0.1, 0.15) is 5.78 Å². The molecule has 1 atom stereocenters. The van der Waals surface area contributed by atoms with E-state index >= 15 is 0 Å². The summed E-state index contributed by atoms with van der Waals surface area (Å²) in [4.78, 5) is 11.7. The van der Waals surface area contributed by atoms with Crippen molar-refractivity contribution in [3.05, 3.63) is 0 Å². The normalized spacial score (nSPS) is 39.8. The molecule has 2 nitrogen and oxygen atoms in total. The Labute approximate surface area is 85.7 Å². The molecule has 2 saturated carbocycles. The van der Waals surface area contributed by atoms with Gasteiger partial charge in [0.25, 0.3) is 0 Å². The van der Waals surface area contributed by atoms with Gasteiger partial charge in [0.2, 0.25) is 0 Å². The fourth-order valence-electron chi connectivity index (χ4n) is 3.01. The molecule has 1 N–H and O–H groups in total. The molecule has 0 bridgehead atoms. The second-order valence-corrected chi connectivity index (χ2v) is 4.89. The average Bonchev–Trinajstić information content (AvgIpc) is 2.20. The summed E-state index contributed by atoms with van der Waals surface area (Å²) in [5.74, 6) is 1.43. The Morgan fingerprint density at radius 2 is 1.71 bits per heavy atom. The number of ketones is 1. The molecule has 14 heavy (non-hydrogen) atoms. The highest BCUT2D eigenvalue weighted by Gasteiger charge is 2.32. The lowest BCUT2D eigenvalue weighted by molar-refractivity contribution is -0.127. The van der Waals surface area contributed by atoms with Crippen LogP contribution in [0.5, 0.6) is 0 Å². The minimum absolute atomic E-state index is 0.0926. The molecule has 0 spiro atoms. The summed E-state index contributed by atoms with van der Waals surface area (Å²) >= 11 is 0. The van der Waals surface area contributed by atoms with Crippen molar-refractivity contribution in [2.75, 3.05) is 0 Å². The molecule has 2 rings (SSSR count). The van der Waals surface area contributed by atoms with Gasteiger partial charge in [0, 0.05) is 12.3 Å². The lowest BCUT2D eigenvalue weighted by atomic mass is 9.72. The second kappa shape index (κ2) is 4.43. The number of hydrogen-bond donors (Lipinski definition) is 1. The zero-order valence-electron chi connectivity index (χ0n) is 8.74. The molecule has 0 aromatic carbocycles. The summed E-state index contributed by atoms with van der Waals surface area (Å²) in [6, 6.07) is 0. The molecule has 0 heterocycles. The maximum absolute atomic E-state index is 11.7. The van der Waals surface area contributed by atoms with Gasteiger partial charge in [-0.3, -0.25) is 4.79 Å². The van der Waals surface area contributed by atoms with Gasteiger partial charge in [0.05, 0.1) is 6.10 Å². The van der Waals surface area contributed by atoms with E-state index < -0.39 is 0 Å². The summed E-state index contributed by atoms with van der Waals surface area (Å²) in [6.07, 6.45) is 8.12. The fourth-order valence-corrected chi connectivity index (χ4v) is 3.01. The molecule has 2 aliphatic rings. The molecule has 1 unspecified atom stereocenters. The molecule has 0 aliphatic heterocycles. The lowest BCUT2D eigenvalue weighted by Gasteiger charge is -2.33. The molecule has 0 amide bonds. The Morgan fingerprint density at radius 3 is 2.36 bits per heavy atom. The van der Waals surface area contributed by atoms with Crippen molar-refractivity contribution in [2.24, 2.45) is 11.8 Å². The molecule has 0 saturated heterocycles. The lowest BCUT2D eigenvalue weighted by Crippen LogP contribution is -2.31. The molecular weight excluding hydrogens is 176 g/mol. The number of carbonyl (C=O) groups excluding carboxylic acids is 1. The van der Waals surface area contributed by atoms with E-state index in [9.17, 15) is 9.90 Å². The highest BCUT2D eigenvalue weighted by atomic mass is 16.3. The largest absolute Gasteiger partial charge is 0.393 e. The van der Waals surface area contributed by atoms with Crippen molar-refractivity contribution >= 4 is 5.78 Å². The van der Waals surface area contributed by atoms with Crippen LogP contribution in [0.25, 0.3) is 0 Å². The van der Waals surface area contributed by atoms with Gasteiger partial charge in [-0.1, -0.05) is 6.42 Å². The highest BCUT2D eigenvalue weighted by molar-refractivity contribution is 5.81. The number of rotatable bonds is 1. The van der Waals surface area contributed by atoms with E-state index in [0.29, 0.717) is 17.6 Å². The van der Waals surface area contributed by atoms with Crippen LogP contribution in [-0.4, -0.2) is 17.0 Å². The first-order valence-electron chi connectivity index (χ1n) is 5.98. The Bertz CT molecular complexity index is 204. The Hall–Kier alpha value is -0.370. The predicted molar refractivity (Wildman–Crippen MR) is 54.9 cm³/mol. The average molecular weight is 196 g/mol.